The summed E-state index contributed by atoms with van der Waals surface area (Å²) in [6.07, 6.45) is 1.60. The Bertz CT molecular complexity index is 309. The molecule has 0 radical (unpaired) electrons. The van der Waals surface area contributed by atoms with Gasteiger partial charge in [0.05, 0.1) is 25.5 Å². The highest BCUT2D eigenvalue weighted by Gasteiger charge is 2.23. The summed E-state index contributed by atoms with van der Waals surface area (Å²) in [5, 5.41) is 9.06. The van der Waals surface area contributed by atoms with Crippen LogP contribution in [-0.2, 0) is 4.74 Å². The van der Waals surface area contributed by atoms with Crippen molar-refractivity contribution in [1.82, 2.24) is 4.90 Å². The second-order valence-corrected chi connectivity index (χ2v) is 3.20. The largest absolute Gasteiger partial charge is 0.467 e. The number of hydrogen-bond acceptors (Lipinski definition) is 4. The van der Waals surface area contributed by atoms with E-state index in [0.717, 1.165) is 18.8 Å². The van der Waals surface area contributed by atoms with Gasteiger partial charge in [-0.25, -0.2) is 0 Å². The van der Waals surface area contributed by atoms with Crippen LogP contribution in [0.15, 0.2) is 22.8 Å². The molecule has 4 heteroatoms. The first-order valence-electron chi connectivity index (χ1n) is 4.66. The molecule has 0 aromatic carbocycles. The molecule has 1 fully saturated rings. The third kappa shape index (κ3) is 1.79. The maximum atomic E-state index is 9.06. The number of furan rings is 1. The van der Waals surface area contributed by atoms with Gasteiger partial charge in [0.1, 0.15) is 5.76 Å². The fourth-order valence-corrected chi connectivity index (χ4v) is 1.61. The quantitative estimate of drug-likeness (QED) is 0.706. The molecular formula is C10H12N2O2. The average Bonchev–Trinajstić information content (AvgIpc) is 2.74. The van der Waals surface area contributed by atoms with E-state index >= 15 is 0 Å². The summed E-state index contributed by atoms with van der Waals surface area (Å²) >= 11 is 0. The molecule has 0 spiro atoms. The zero-order valence-corrected chi connectivity index (χ0v) is 7.85. The van der Waals surface area contributed by atoms with Gasteiger partial charge in [0.25, 0.3) is 0 Å². The van der Waals surface area contributed by atoms with Gasteiger partial charge in [0, 0.05) is 13.1 Å². The predicted molar refractivity (Wildman–Crippen MR) is 49.5 cm³/mol. The highest BCUT2D eigenvalue weighted by molar-refractivity contribution is 5.13. The number of nitriles is 1. The Labute approximate surface area is 82.7 Å². The van der Waals surface area contributed by atoms with Crippen LogP contribution in [0.3, 0.4) is 0 Å². The minimum Gasteiger partial charge on any atom is -0.467 e. The van der Waals surface area contributed by atoms with Crippen LogP contribution >= 0.6 is 0 Å². The van der Waals surface area contributed by atoms with E-state index in [1.165, 1.54) is 0 Å². The summed E-state index contributed by atoms with van der Waals surface area (Å²) in [4.78, 5) is 2.07. The molecule has 2 rings (SSSR count). The first-order valence-corrected chi connectivity index (χ1v) is 4.66. The maximum absolute atomic E-state index is 9.06. The fourth-order valence-electron chi connectivity index (χ4n) is 1.61. The van der Waals surface area contributed by atoms with Crippen molar-refractivity contribution >= 4 is 0 Å². The van der Waals surface area contributed by atoms with Crippen LogP contribution in [0, 0.1) is 11.3 Å². The Morgan fingerprint density at radius 1 is 1.43 bits per heavy atom. The van der Waals surface area contributed by atoms with E-state index < -0.39 is 0 Å². The van der Waals surface area contributed by atoms with Crippen LogP contribution in [0.1, 0.15) is 11.8 Å². The summed E-state index contributed by atoms with van der Waals surface area (Å²) < 4.78 is 10.5. The third-order valence-corrected chi connectivity index (χ3v) is 2.35. The zero-order valence-electron chi connectivity index (χ0n) is 7.85. The Morgan fingerprint density at radius 3 is 2.79 bits per heavy atom. The smallest absolute Gasteiger partial charge is 0.157 e. The normalized spacial score (nSPS) is 20.2. The molecule has 1 saturated heterocycles. The van der Waals surface area contributed by atoms with E-state index in [0.29, 0.717) is 13.2 Å². The van der Waals surface area contributed by atoms with Gasteiger partial charge in [-0.05, 0) is 12.1 Å². The number of morpholine rings is 1. The highest BCUT2D eigenvalue weighted by atomic mass is 16.5. The van der Waals surface area contributed by atoms with Crippen molar-refractivity contribution in [2.75, 3.05) is 26.3 Å². The molecule has 4 nitrogen and oxygen atoms in total. The molecule has 0 saturated carbocycles. The molecule has 0 unspecified atom stereocenters. The van der Waals surface area contributed by atoms with Gasteiger partial charge in [0.15, 0.2) is 6.04 Å². The number of rotatable bonds is 2. The van der Waals surface area contributed by atoms with Crippen molar-refractivity contribution < 1.29 is 9.15 Å². The Kier molecular flexibility index (Phi) is 2.82. The van der Waals surface area contributed by atoms with Gasteiger partial charge in [-0.15, -0.1) is 0 Å². The van der Waals surface area contributed by atoms with Gasteiger partial charge in [0.2, 0.25) is 0 Å². The van der Waals surface area contributed by atoms with Gasteiger partial charge < -0.3 is 9.15 Å². The first-order chi connectivity index (χ1) is 6.92. The van der Waals surface area contributed by atoms with Crippen LogP contribution in [0.25, 0.3) is 0 Å². The zero-order chi connectivity index (χ0) is 9.80. The van der Waals surface area contributed by atoms with Crippen LogP contribution in [0.2, 0.25) is 0 Å². The van der Waals surface area contributed by atoms with E-state index in [1.54, 1.807) is 12.3 Å². The number of nitrogens with zero attached hydrogens (tertiary/aromatic N) is 2. The van der Waals surface area contributed by atoms with Crippen molar-refractivity contribution in [3.63, 3.8) is 0 Å². The van der Waals surface area contributed by atoms with Gasteiger partial charge in [-0.3, -0.25) is 4.90 Å². The first kappa shape index (κ1) is 9.25. The minimum atomic E-state index is -0.270. The van der Waals surface area contributed by atoms with Crippen molar-refractivity contribution in [1.29, 1.82) is 5.26 Å². The van der Waals surface area contributed by atoms with E-state index in [-0.39, 0.29) is 6.04 Å². The van der Waals surface area contributed by atoms with Crippen molar-refractivity contribution in [3.8, 4) is 6.07 Å². The Balaban J connectivity index is 2.09. The number of hydrogen-bond donors (Lipinski definition) is 0. The minimum absolute atomic E-state index is 0.270. The van der Waals surface area contributed by atoms with E-state index in [2.05, 4.69) is 11.0 Å². The lowest BCUT2D eigenvalue weighted by atomic mass is 10.2. The second kappa shape index (κ2) is 4.27. The van der Waals surface area contributed by atoms with Crippen LogP contribution < -0.4 is 0 Å². The van der Waals surface area contributed by atoms with Gasteiger partial charge >= 0.3 is 0 Å². The summed E-state index contributed by atoms with van der Waals surface area (Å²) in [7, 11) is 0. The molecule has 1 aromatic heterocycles. The van der Waals surface area contributed by atoms with Crippen molar-refractivity contribution in [2.45, 2.75) is 6.04 Å². The predicted octanol–water partition coefficient (Wildman–Crippen LogP) is 1.18. The van der Waals surface area contributed by atoms with Crippen LogP contribution in [-0.4, -0.2) is 31.2 Å². The summed E-state index contributed by atoms with van der Waals surface area (Å²) in [6, 6.07) is 5.62. The van der Waals surface area contributed by atoms with Crippen LogP contribution in [0.4, 0.5) is 0 Å². The SMILES string of the molecule is N#C[C@H](c1ccco1)N1CCOCC1. The van der Waals surface area contributed by atoms with E-state index in [9.17, 15) is 0 Å². The van der Waals surface area contributed by atoms with Crippen molar-refractivity contribution in [2.24, 2.45) is 0 Å². The Morgan fingerprint density at radius 2 is 2.21 bits per heavy atom. The highest BCUT2D eigenvalue weighted by Crippen LogP contribution is 2.20. The van der Waals surface area contributed by atoms with E-state index in [1.807, 2.05) is 6.07 Å². The standard InChI is InChI=1S/C10H12N2O2/c11-8-9(10-2-1-5-14-10)12-3-6-13-7-4-12/h1-2,5,9H,3-4,6-7H2/t9-/m1/s1. The van der Waals surface area contributed by atoms with Gasteiger partial charge in [-0.2, -0.15) is 5.26 Å². The molecular weight excluding hydrogens is 180 g/mol. The monoisotopic (exact) mass is 192 g/mol. The molecule has 1 aliphatic rings. The Hall–Kier alpha value is -1.31. The van der Waals surface area contributed by atoms with Gasteiger partial charge in [-0.1, -0.05) is 0 Å². The molecule has 14 heavy (non-hydrogen) atoms. The topological polar surface area (TPSA) is 49.4 Å². The lowest BCUT2D eigenvalue weighted by molar-refractivity contribution is 0.0231. The average molecular weight is 192 g/mol. The molecule has 0 bridgehead atoms. The summed E-state index contributed by atoms with van der Waals surface area (Å²) in [5.41, 5.74) is 0. The molecule has 1 atom stereocenters. The lowest BCUT2D eigenvalue weighted by Crippen LogP contribution is -2.38. The molecule has 74 valence electrons. The maximum Gasteiger partial charge on any atom is 0.157 e. The van der Waals surface area contributed by atoms with Crippen molar-refractivity contribution in [3.05, 3.63) is 24.2 Å². The molecule has 1 aliphatic heterocycles. The molecule has 2 heterocycles. The molecule has 0 amide bonds. The summed E-state index contributed by atoms with van der Waals surface area (Å²) in [5.74, 6) is 0.717. The van der Waals surface area contributed by atoms with Crippen LogP contribution in [0.5, 0.6) is 0 Å². The molecule has 0 aliphatic carbocycles. The molecule has 1 aromatic rings. The molecule has 0 N–H and O–H groups in total. The number of ether oxygens (including phenoxy) is 1. The second-order valence-electron chi connectivity index (χ2n) is 3.20. The third-order valence-electron chi connectivity index (χ3n) is 2.35. The van der Waals surface area contributed by atoms with E-state index in [4.69, 9.17) is 14.4 Å². The summed E-state index contributed by atoms with van der Waals surface area (Å²) in [6.45, 7) is 2.97. The lowest BCUT2D eigenvalue weighted by Gasteiger charge is -2.29. The fraction of sp³-hybridized carbons (Fsp3) is 0.500.